The fourth-order valence-electron chi connectivity index (χ4n) is 13.8. The Morgan fingerprint density at radius 2 is 0.925 bits per heavy atom. The zero-order valence-corrected chi connectivity index (χ0v) is 85.5. The molecule has 0 fully saturated rings. The summed E-state index contributed by atoms with van der Waals surface area (Å²) in [7, 11) is 0. The minimum absolute atomic E-state index is 0.00972. The van der Waals surface area contributed by atoms with E-state index in [1.807, 2.05) is 188 Å². The minimum atomic E-state index is -0.423. The summed E-state index contributed by atoms with van der Waals surface area (Å²) in [5.74, 6) is 5.67. The highest BCUT2D eigenvalue weighted by atomic mass is 19.1. The number of ketones is 5. The van der Waals surface area contributed by atoms with Gasteiger partial charge in [0, 0.05) is 60.8 Å². The Balaban J connectivity index is 0.000000732. The normalized spacial score (nSPS) is 18.3. The summed E-state index contributed by atoms with van der Waals surface area (Å²) >= 11 is 0. The molecular formula is C111H152F2N8O12. The molecule has 0 spiro atoms. The number of aromatic amines is 1. The van der Waals surface area contributed by atoms with Crippen molar-refractivity contribution < 1.29 is 61.8 Å². The molecule has 722 valence electrons. The van der Waals surface area contributed by atoms with Crippen LogP contribution in [-0.2, 0) is 47.9 Å². The van der Waals surface area contributed by atoms with Gasteiger partial charge >= 0.3 is 0 Å². The Morgan fingerprint density at radius 3 is 1.35 bits per heavy atom. The number of ether oxygens (including phenoxy) is 1. The number of H-pyrrole nitrogens is 1. The van der Waals surface area contributed by atoms with Crippen LogP contribution in [0.2, 0.25) is 0 Å². The fourth-order valence-corrected chi connectivity index (χ4v) is 13.8. The van der Waals surface area contributed by atoms with Crippen LogP contribution < -0.4 is 26.8 Å². The third-order valence-electron chi connectivity index (χ3n) is 22.7. The van der Waals surface area contributed by atoms with Crippen molar-refractivity contribution in [3.8, 4) is 24.3 Å². The maximum Gasteiger partial charge on any atom is 0.258 e. The number of aromatic nitrogens is 3. The number of hydrogen-bond donors (Lipinski definition) is 6. The predicted molar refractivity (Wildman–Crippen MR) is 536 cm³/mol. The van der Waals surface area contributed by atoms with Gasteiger partial charge in [-0.1, -0.05) is 250 Å². The van der Waals surface area contributed by atoms with E-state index < -0.39 is 5.83 Å². The summed E-state index contributed by atoms with van der Waals surface area (Å²) in [6.45, 7) is 81.2. The van der Waals surface area contributed by atoms with Crippen molar-refractivity contribution in [3.63, 3.8) is 0 Å². The molecule has 6 heterocycles. The highest BCUT2D eigenvalue weighted by Gasteiger charge is 2.31. The fraction of sp³-hybridized carbons (Fsp3) is 0.468. The first-order valence-electron chi connectivity index (χ1n) is 45.8. The molecule has 11 rings (SSSR count). The molecule has 0 saturated heterocycles. The standard InChI is InChI=1S/C12H18O.C12H16O.C12H14O.C11H16O.C10H13FO.C10H12N2O.C10H15NO.C9H12FNO.C9H13N.C8H12N2O2.C8H11NO2/c3*1-5-10-7-11(8(2)3)12(13)6-9(10)4;1-7(2)10-5-8(3)9(4)6-11(10)12;1-6(2)8-5-9(11)7(3)4-10(8)12;1-6(2)9-4-8(5-11)7(3)12-10(9)13;1-6(2)9-5-7(3)8(4)11-10(9)12;1-5(2)7-4-8(10)6(3)11-9(7)12;1-7(2)9-5-4-8(3)10-6-9;1-4(2)6-7(11)9-5(3)10-8(6)12;1-5(2)7-4-11-6(3)9-8(7)10/h7-8H,5-6H2,1-4H3;5,7-8H,1,6H2,2-4H3;1,7-8H,6H2,2-4H3;5,7H,6H2,1-4H3;5-6H,4H2,1-3H3;4,6,9H,3H2,1-2H3,(H,12,13);5-6,9H,4H2,1-3H3,(H,11,12);4-5,7H,3H2,1-2H3,(H,11,12);4-7H,1-3H3;4H,1-3H3,(H2,9,10,11,12);4-5H,3H2,1-2H3,(H,9,10). The van der Waals surface area contributed by atoms with Gasteiger partial charge in [0.05, 0.1) is 45.9 Å². The van der Waals surface area contributed by atoms with Crippen LogP contribution >= 0.6 is 0 Å². The minimum Gasteiger partial charge on any atom is -0.493 e. The van der Waals surface area contributed by atoms with E-state index in [2.05, 4.69) is 156 Å². The monoisotopic (exact) mass is 1830 g/mol. The van der Waals surface area contributed by atoms with Crippen LogP contribution in [0.4, 0.5) is 8.78 Å². The molecule has 0 saturated carbocycles. The Labute approximate surface area is 793 Å². The van der Waals surface area contributed by atoms with Crippen LogP contribution in [0.5, 0.6) is 5.88 Å². The second-order valence-corrected chi connectivity index (χ2v) is 37.7. The van der Waals surface area contributed by atoms with E-state index in [0.717, 1.165) is 68.0 Å². The number of nitriles is 1. The van der Waals surface area contributed by atoms with Crippen LogP contribution in [0.15, 0.2) is 246 Å². The summed E-state index contributed by atoms with van der Waals surface area (Å²) in [5, 5.41) is 28.2. The molecule has 0 aromatic carbocycles. The van der Waals surface area contributed by atoms with Gasteiger partial charge in [-0.25, -0.2) is 13.8 Å². The lowest BCUT2D eigenvalue weighted by Crippen LogP contribution is -2.36. The first-order valence-corrected chi connectivity index (χ1v) is 45.8. The number of hydrogen-bond acceptors (Lipinski definition) is 15. The van der Waals surface area contributed by atoms with Gasteiger partial charge in [0.1, 0.15) is 29.8 Å². The second kappa shape index (κ2) is 56.6. The molecule has 4 aliphatic heterocycles. The predicted octanol–water partition coefficient (Wildman–Crippen LogP) is 24.0. The number of carbonyl (C=O) groups excluding carboxylic acids is 9. The summed E-state index contributed by atoms with van der Waals surface area (Å²) in [6, 6.07) is 6.19. The molecule has 0 radical (unpaired) electrons. The van der Waals surface area contributed by atoms with Gasteiger partial charge in [-0.2, -0.15) is 5.26 Å². The van der Waals surface area contributed by atoms with Crippen LogP contribution in [0.3, 0.4) is 0 Å². The van der Waals surface area contributed by atoms with E-state index in [9.17, 15) is 61.8 Å². The quantitative estimate of drug-likeness (QED) is 0.102. The molecule has 2 aromatic rings. The van der Waals surface area contributed by atoms with Crippen molar-refractivity contribution in [3.05, 3.63) is 275 Å². The van der Waals surface area contributed by atoms with E-state index in [0.29, 0.717) is 112 Å². The highest BCUT2D eigenvalue weighted by molar-refractivity contribution is 6.02. The smallest absolute Gasteiger partial charge is 0.258 e. The molecule has 9 aliphatic rings. The molecule has 0 bridgehead atoms. The summed E-state index contributed by atoms with van der Waals surface area (Å²) in [4.78, 5) is 124. The number of rotatable bonds is 13. The van der Waals surface area contributed by atoms with Crippen LogP contribution in [-0.4, -0.2) is 72.6 Å². The van der Waals surface area contributed by atoms with E-state index in [1.165, 1.54) is 46.3 Å². The van der Waals surface area contributed by atoms with E-state index in [1.54, 1.807) is 19.9 Å². The van der Waals surface area contributed by atoms with E-state index >= 15 is 0 Å². The molecule has 22 heteroatoms. The lowest BCUT2D eigenvalue weighted by Gasteiger charge is -2.23. The number of allylic oxidation sites excluding steroid dienone is 24. The van der Waals surface area contributed by atoms with Crippen molar-refractivity contribution in [2.75, 3.05) is 0 Å². The van der Waals surface area contributed by atoms with Crippen molar-refractivity contribution in [1.29, 1.82) is 5.26 Å². The van der Waals surface area contributed by atoms with Crippen molar-refractivity contribution >= 4 is 52.5 Å². The number of amides is 4. The van der Waals surface area contributed by atoms with E-state index in [4.69, 9.17) is 16.4 Å². The molecule has 2 aromatic heterocycles. The van der Waals surface area contributed by atoms with Crippen molar-refractivity contribution in [2.45, 2.75) is 272 Å². The van der Waals surface area contributed by atoms with Gasteiger partial charge in [0.15, 0.2) is 34.8 Å². The summed E-state index contributed by atoms with van der Waals surface area (Å²) in [6.07, 6.45) is 28.5. The number of nitrogens with one attached hydrogen (secondary N) is 5. The van der Waals surface area contributed by atoms with Crippen LogP contribution in [0, 0.1) is 109 Å². The Morgan fingerprint density at radius 1 is 0.504 bits per heavy atom. The average molecular weight is 1830 g/mol. The number of carbonyl (C=O) groups is 9. The molecule has 3 atom stereocenters. The second-order valence-electron chi connectivity index (χ2n) is 37.7. The van der Waals surface area contributed by atoms with Crippen molar-refractivity contribution in [2.24, 2.45) is 71.0 Å². The molecule has 133 heavy (non-hydrogen) atoms. The summed E-state index contributed by atoms with van der Waals surface area (Å²) in [5.41, 5.74) is 20.0. The number of Topliss-reactive ketones (excluding diaryl/α,β-unsaturated/α-hetero) is 5. The number of aryl methyl sites for hydroxylation is 2. The lowest BCUT2D eigenvalue weighted by molar-refractivity contribution is -0.125. The third kappa shape index (κ3) is 38.9. The number of terminal acetylenes is 1. The number of halogens is 2. The highest BCUT2D eigenvalue weighted by Crippen LogP contribution is 2.33. The zero-order valence-electron chi connectivity index (χ0n) is 85.5. The Hall–Kier alpha value is -12.2. The Kier molecular flexibility index (Phi) is 50.6. The molecular weight excluding hydrogens is 1680 g/mol. The lowest BCUT2D eigenvalue weighted by atomic mass is 9.86. The van der Waals surface area contributed by atoms with Gasteiger partial charge < -0.3 is 30.8 Å². The van der Waals surface area contributed by atoms with Gasteiger partial charge in [-0.3, -0.25) is 58.2 Å². The topological polar surface area (TPSA) is 314 Å². The number of nitrogens with zero attached hydrogens (tertiary/aromatic N) is 3. The van der Waals surface area contributed by atoms with Crippen LogP contribution in [0.25, 0.3) is 0 Å². The molecule has 4 amide bonds. The summed E-state index contributed by atoms with van der Waals surface area (Å²) < 4.78 is 30.9. The SMILES string of the molecule is C#CC1=C(C)CC(=O)C(C(C)C)=C1.C=C1NC(=O)C(C(C)C)=CO1.C=C1NC(=O)C(C(C)C)C=C1C.C=C1NC(=O)C(C(C)C)C=C1C#N.C=C1NC(=O)C(C(C)C)C=C1F.C=CC1=C(C)CC(=O)C(C(C)C)=C1.CC1=C(C)CC(=O)C(C(C)C)=C1.CC1=C(F)C=C(C(C)C)C(=O)C1.CCC1=C(C)CC(=O)C(C(C)C)=C1.Cc1ccc(C(C)C)cn1.Cc1nc(O)c(C(C)C)c(=O)[nH]1. The largest absolute Gasteiger partial charge is 0.493 e. The van der Waals surface area contributed by atoms with Gasteiger partial charge in [-0.15, -0.1) is 6.42 Å². The molecule has 3 unspecified atom stereocenters. The van der Waals surface area contributed by atoms with Gasteiger partial charge in [0.25, 0.3) is 11.5 Å². The average Bonchev–Trinajstić information content (AvgIpc) is 0.824. The molecule has 6 N–H and O–H groups in total. The maximum atomic E-state index is 13.0. The van der Waals surface area contributed by atoms with Gasteiger partial charge in [0.2, 0.25) is 23.6 Å². The van der Waals surface area contributed by atoms with Gasteiger partial charge in [-0.05, 0) is 227 Å². The molecule has 20 nitrogen and oxygen atoms in total. The third-order valence-corrected chi connectivity index (χ3v) is 22.7. The zero-order chi connectivity index (χ0) is 103. The maximum absolute atomic E-state index is 13.0. The van der Waals surface area contributed by atoms with Crippen molar-refractivity contribution in [1.82, 2.24) is 36.2 Å². The number of aromatic hydroxyl groups is 1. The van der Waals surface area contributed by atoms with E-state index in [-0.39, 0.29) is 124 Å². The number of pyridine rings is 1. The molecule has 5 aliphatic carbocycles. The Bertz CT molecular complexity index is 5210. The first-order chi connectivity index (χ1) is 61.6. The first kappa shape index (κ1) is 119. The van der Waals surface area contributed by atoms with Crippen LogP contribution in [0.1, 0.15) is 281 Å².